The van der Waals surface area contributed by atoms with Gasteiger partial charge < -0.3 is 10.6 Å². The molecule has 2 unspecified atom stereocenters. The van der Waals surface area contributed by atoms with Gasteiger partial charge in [0.25, 0.3) is 0 Å². The largest absolute Gasteiger partial charge is 0.329 e. The summed E-state index contributed by atoms with van der Waals surface area (Å²) in [6.07, 6.45) is 1.21. The minimum absolute atomic E-state index is 0.360. The van der Waals surface area contributed by atoms with E-state index >= 15 is 0 Å². The number of nitrogens with two attached hydrogens (primary N) is 1. The first-order valence-corrected chi connectivity index (χ1v) is 7.79. The maximum absolute atomic E-state index is 6.14. The molecule has 1 aliphatic rings. The summed E-state index contributed by atoms with van der Waals surface area (Å²) in [5.41, 5.74) is 10.3. The van der Waals surface area contributed by atoms with Crippen molar-refractivity contribution in [1.29, 1.82) is 0 Å². The van der Waals surface area contributed by atoms with E-state index in [0.717, 1.165) is 19.6 Å². The Hall–Kier alpha value is -0.900. The zero-order valence-corrected chi connectivity index (χ0v) is 13.4. The molecular formula is C17H29N3. The summed E-state index contributed by atoms with van der Waals surface area (Å²) in [5, 5.41) is 0. The molecule has 0 aliphatic carbocycles. The Labute approximate surface area is 123 Å². The number of hydrogen-bond acceptors (Lipinski definition) is 3. The van der Waals surface area contributed by atoms with E-state index in [9.17, 15) is 0 Å². The highest BCUT2D eigenvalue weighted by molar-refractivity contribution is 5.36. The van der Waals surface area contributed by atoms with Crippen LogP contribution in [0.1, 0.15) is 36.1 Å². The average molecular weight is 275 g/mol. The summed E-state index contributed by atoms with van der Waals surface area (Å²) in [7, 11) is 2.24. The Morgan fingerprint density at radius 3 is 2.45 bits per heavy atom. The molecule has 1 aromatic rings. The number of aryl methyl sites for hydroxylation is 2. The van der Waals surface area contributed by atoms with Crippen molar-refractivity contribution >= 4 is 0 Å². The number of rotatable bonds is 4. The van der Waals surface area contributed by atoms with Gasteiger partial charge in [0.05, 0.1) is 0 Å². The number of piperazine rings is 1. The number of nitrogens with zero attached hydrogens (tertiary/aromatic N) is 2. The van der Waals surface area contributed by atoms with Crippen LogP contribution in [-0.4, -0.2) is 49.1 Å². The molecule has 1 saturated heterocycles. The smallest absolute Gasteiger partial charge is 0.0476 e. The second-order valence-corrected chi connectivity index (χ2v) is 6.09. The summed E-state index contributed by atoms with van der Waals surface area (Å²) >= 11 is 0. The monoisotopic (exact) mass is 275 g/mol. The van der Waals surface area contributed by atoms with Gasteiger partial charge in [-0.15, -0.1) is 0 Å². The maximum atomic E-state index is 6.14. The van der Waals surface area contributed by atoms with E-state index in [-0.39, 0.29) is 0 Å². The lowest BCUT2D eigenvalue weighted by Crippen LogP contribution is -2.53. The fourth-order valence-electron chi connectivity index (χ4n) is 3.50. The third-order valence-corrected chi connectivity index (χ3v) is 4.82. The van der Waals surface area contributed by atoms with Crippen LogP contribution in [0.4, 0.5) is 0 Å². The minimum atomic E-state index is 0.360. The van der Waals surface area contributed by atoms with Crippen molar-refractivity contribution in [3.8, 4) is 0 Å². The topological polar surface area (TPSA) is 32.5 Å². The van der Waals surface area contributed by atoms with E-state index in [1.807, 2.05) is 0 Å². The number of benzene rings is 1. The normalized spacial score (nSPS) is 22.9. The molecule has 112 valence electrons. The van der Waals surface area contributed by atoms with Crippen LogP contribution in [0.15, 0.2) is 18.2 Å². The van der Waals surface area contributed by atoms with Crippen molar-refractivity contribution < 1.29 is 0 Å². The van der Waals surface area contributed by atoms with Gasteiger partial charge in [0.2, 0.25) is 0 Å². The van der Waals surface area contributed by atoms with Gasteiger partial charge in [0, 0.05) is 38.3 Å². The first kappa shape index (κ1) is 15.5. The van der Waals surface area contributed by atoms with Crippen LogP contribution in [0.25, 0.3) is 0 Å². The predicted octanol–water partition coefficient (Wildman–Crippen LogP) is 2.33. The van der Waals surface area contributed by atoms with Crippen LogP contribution in [-0.2, 0) is 0 Å². The lowest BCUT2D eigenvalue weighted by atomic mass is 9.94. The van der Waals surface area contributed by atoms with E-state index in [1.54, 1.807) is 0 Å². The molecule has 2 atom stereocenters. The van der Waals surface area contributed by atoms with E-state index in [0.29, 0.717) is 18.6 Å². The van der Waals surface area contributed by atoms with E-state index in [1.165, 1.54) is 23.1 Å². The van der Waals surface area contributed by atoms with Crippen LogP contribution in [0.2, 0.25) is 0 Å². The summed E-state index contributed by atoms with van der Waals surface area (Å²) in [5.74, 6) is 0. The Balaban J connectivity index is 2.24. The van der Waals surface area contributed by atoms with Gasteiger partial charge in [-0.25, -0.2) is 0 Å². The van der Waals surface area contributed by atoms with Crippen molar-refractivity contribution in [1.82, 2.24) is 9.80 Å². The Bertz CT molecular complexity index is 424. The van der Waals surface area contributed by atoms with E-state index < -0.39 is 0 Å². The summed E-state index contributed by atoms with van der Waals surface area (Å²) in [4.78, 5) is 5.07. The molecule has 2 rings (SSSR count). The highest BCUT2D eigenvalue weighted by Crippen LogP contribution is 2.28. The highest BCUT2D eigenvalue weighted by atomic mass is 15.3. The average Bonchev–Trinajstić information content (AvgIpc) is 2.44. The highest BCUT2D eigenvalue weighted by Gasteiger charge is 2.29. The predicted molar refractivity (Wildman–Crippen MR) is 86.0 cm³/mol. The first-order chi connectivity index (χ1) is 9.58. The molecule has 0 amide bonds. The molecule has 1 fully saturated rings. The molecule has 1 aromatic carbocycles. The third-order valence-electron chi connectivity index (χ3n) is 4.82. The molecule has 2 N–H and O–H groups in total. The second-order valence-electron chi connectivity index (χ2n) is 6.09. The van der Waals surface area contributed by atoms with Crippen molar-refractivity contribution in [2.75, 3.05) is 33.2 Å². The summed E-state index contributed by atoms with van der Waals surface area (Å²) < 4.78 is 0. The lowest BCUT2D eigenvalue weighted by Gasteiger charge is -2.43. The van der Waals surface area contributed by atoms with Gasteiger partial charge >= 0.3 is 0 Å². The minimum Gasteiger partial charge on any atom is -0.329 e. The van der Waals surface area contributed by atoms with Crippen molar-refractivity contribution in [3.05, 3.63) is 34.9 Å². The van der Waals surface area contributed by atoms with Gasteiger partial charge in [-0.3, -0.25) is 4.90 Å². The molecule has 0 saturated carbocycles. The Morgan fingerprint density at radius 1 is 1.25 bits per heavy atom. The van der Waals surface area contributed by atoms with Gasteiger partial charge in [0.1, 0.15) is 0 Å². The first-order valence-electron chi connectivity index (χ1n) is 7.79. The van der Waals surface area contributed by atoms with Gasteiger partial charge in [-0.1, -0.05) is 25.1 Å². The molecule has 3 nitrogen and oxygen atoms in total. The zero-order valence-electron chi connectivity index (χ0n) is 13.4. The van der Waals surface area contributed by atoms with Crippen molar-refractivity contribution in [3.63, 3.8) is 0 Å². The molecule has 1 heterocycles. The number of hydrogen-bond donors (Lipinski definition) is 1. The Morgan fingerprint density at radius 2 is 1.90 bits per heavy atom. The van der Waals surface area contributed by atoms with Crippen LogP contribution < -0.4 is 5.73 Å². The molecular weight excluding hydrogens is 246 g/mol. The molecule has 0 bridgehead atoms. The quantitative estimate of drug-likeness (QED) is 0.915. The molecule has 3 heteroatoms. The van der Waals surface area contributed by atoms with E-state index in [4.69, 9.17) is 5.73 Å². The number of likely N-dealkylation sites (N-methyl/N-ethyl adjacent to an activating group) is 1. The van der Waals surface area contributed by atoms with Crippen LogP contribution in [0.3, 0.4) is 0 Å². The summed E-state index contributed by atoms with van der Waals surface area (Å²) in [6, 6.07) is 7.57. The SMILES string of the molecule is CCC1CN(C(CN)c2c(C)cccc2C)CCN1C. The molecule has 0 spiro atoms. The molecule has 0 aromatic heterocycles. The molecule has 1 aliphatic heterocycles. The van der Waals surface area contributed by atoms with E-state index in [2.05, 4.69) is 55.8 Å². The molecule has 0 radical (unpaired) electrons. The maximum Gasteiger partial charge on any atom is 0.0476 e. The van der Waals surface area contributed by atoms with Crippen molar-refractivity contribution in [2.45, 2.75) is 39.3 Å². The van der Waals surface area contributed by atoms with Gasteiger partial charge in [-0.2, -0.15) is 0 Å². The van der Waals surface area contributed by atoms with Crippen LogP contribution in [0, 0.1) is 13.8 Å². The third kappa shape index (κ3) is 3.05. The zero-order chi connectivity index (χ0) is 14.7. The van der Waals surface area contributed by atoms with Crippen molar-refractivity contribution in [2.24, 2.45) is 5.73 Å². The van der Waals surface area contributed by atoms with Gasteiger partial charge in [-0.05, 0) is 44.0 Å². The fraction of sp³-hybridized carbons (Fsp3) is 0.647. The van der Waals surface area contributed by atoms with Crippen LogP contribution in [0.5, 0.6) is 0 Å². The van der Waals surface area contributed by atoms with Crippen LogP contribution >= 0.6 is 0 Å². The lowest BCUT2D eigenvalue weighted by molar-refractivity contribution is 0.0640. The Kier molecular flexibility index (Phi) is 5.19. The standard InChI is InChI=1S/C17H29N3/c1-5-15-12-20(10-9-19(15)4)16(11-18)17-13(2)7-6-8-14(17)3/h6-8,15-16H,5,9-12,18H2,1-4H3. The fourth-order valence-corrected chi connectivity index (χ4v) is 3.50. The van der Waals surface area contributed by atoms with Gasteiger partial charge in [0.15, 0.2) is 0 Å². The summed E-state index contributed by atoms with van der Waals surface area (Å²) in [6.45, 7) is 10.8. The molecule has 20 heavy (non-hydrogen) atoms. The second kappa shape index (κ2) is 6.70.